The van der Waals surface area contributed by atoms with Gasteiger partial charge in [-0.05, 0) is 42.0 Å². The van der Waals surface area contributed by atoms with Crippen LogP contribution < -0.4 is 4.90 Å². The van der Waals surface area contributed by atoms with Crippen molar-refractivity contribution in [2.45, 2.75) is 25.2 Å². The lowest BCUT2D eigenvalue weighted by Crippen LogP contribution is -2.49. The van der Waals surface area contributed by atoms with Gasteiger partial charge in [0.25, 0.3) is 0 Å². The van der Waals surface area contributed by atoms with E-state index in [2.05, 4.69) is 29.2 Å². The maximum Gasteiger partial charge on any atom is 0.223 e. The zero-order valence-corrected chi connectivity index (χ0v) is 14.4. The summed E-state index contributed by atoms with van der Waals surface area (Å²) in [5.74, 6) is 0.945. The second kappa shape index (κ2) is 6.79. The molecule has 1 N–H and O–H groups in total. The molecule has 1 saturated heterocycles. The first-order chi connectivity index (χ1) is 12.2. The number of anilines is 1. The Hall–Kier alpha value is -2.49. The van der Waals surface area contributed by atoms with Gasteiger partial charge in [-0.1, -0.05) is 30.3 Å². The number of piperazine rings is 1. The second-order valence-corrected chi connectivity index (χ2v) is 7.03. The number of benzene rings is 2. The lowest BCUT2D eigenvalue weighted by Gasteiger charge is -2.36. The highest BCUT2D eigenvalue weighted by Crippen LogP contribution is 2.35. The minimum absolute atomic E-state index is 0.275. The molecule has 0 saturated carbocycles. The molecule has 2 aliphatic rings. The minimum atomic E-state index is 0.275. The van der Waals surface area contributed by atoms with Crippen molar-refractivity contribution in [3.8, 4) is 5.75 Å². The number of carbonyl (C=O) groups is 1. The smallest absolute Gasteiger partial charge is 0.223 e. The van der Waals surface area contributed by atoms with Crippen molar-refractivity contribution in [1.29, 1.82) is 0 Å². The van der Waals surface area contributed by atoms with Crippen LogP contribution >= 0.6 is 0 Å². The molecule has 1 unspecified atom stereocenters. The monoisotopic (exact) mass is 336 g/mol. The van der Waals surface area contributed by atoms with Gasteiger partial charge in [0, 0.05) is 44.4 Å². The van der Waals surface area contributed by atoms with Crippen molar-refractivity contribution in [2.75, 3.05) is 31.1 Å². The molecule has 2 aromatic carbocycles. The van der Waals surface area contributed by atoms with Gasteiger partial charge in [0.05, 0.1) is 0 Å². The summed E-state index contributed by atoms with van der Waals surface area (Å²) in [6.07, 6.45) is 2.82. The highest BCUT2D eigenvalue weighted by Gasteiger charge is 2.28. The van der Waals surface area contributed by atoms with Crippen LogP contribution in [-0.2, 0) is 11.2 Å². The van der Waals surface area contributed by atoms with Crippen LogP contribution in [0.4, 0.5) is 5.69 Å². The quantitative estimate of drug-likeness (QED) is 0.936. The first-order valence-corrected chi connectivity index (χ1v) is 9.10. The summed E-state index contributed by atoms with van der Waals surface area (Å²) in [5, 5.41) is 9.63. The molecule has 130 valence electrons. The summed E-state index contributed by atoms with van der Waals surface area (Å²) in [5.41, 5.74) is 3.81. The van der Waals surface area contributed by atoms with E-state index in [9.17, 15) is 9.90 Å². The molecule has 1 aliphatic heterocycles. The summed E-state index contributed by atoms with van der Waals surface area (Å²) in [6.45, 7) is 3.14. The van der Waals surface area contributed by atoms with E-state index in [1.807, 2.05) is 17.0 Å². The summed E-state index contributed by atoms with van der Waals surface area (Å²) in [7, 11) is 0. The maximum absolute atomic E-state index is 12.7. The molecule has 25 heavy (non-hydrogen) atoms. The summed E-state index contributed by atoms with van der Waals surface area (Å²) >= 11 is 0. The van der Waals surface area contributed by atoms with Gasteiger partial charge >= 0.3 is 0 Å². The molecule has 2 aromatic rings. The maximum atomic E-state index is 12.7. The fourth-order valence-corrected chi connectivity index (χ4v) is 4.10. The van der Waals surface area contributed by atoms with Crippen LogP contribution in [0.5, 0.6) is 5.75 Å². The van der Waals surface area contributed by atoms with Crippen molar-refractivity contribution in [3.05, 3.63) is 59.7 Å². The second-order valence-electron chi connectivity index (χ2n) is 7.03. The number of amides is 1. The molecular weight excluding hydrogens is 312 g/mol. The van der Waals surface area contributed by atoms with Gasteiger partial charge in [-0.25, -0.2) is 0 Å². The Bertz CT molecular complexity index is 766. The molecule has 1 heterocycles. The highest BCUT2D eigenvalue weighted by atomic mass is 16.3. The van der Waals surface area contributed by atoms with Crippen molar-refractivity contribution in [3.63, 3.8) is 0 Å². The first kappa shape index (κ1) is 16.0. The molecule has 1 fully saturated rings. The Morgan fingerprint density at radius 2 is 1.84 bits per heavy atom. The average molecular weight is 336 g/mol. The van der Waals surface area contributed by atoms with Crippen LogP contribution in [0, 0.1) is 0 Å². The number of carbonyl (C=O) groups excluding carboxylic acids is 1. The minimum Gasteiger partial charge on any atom is -0.508 e. The molecular formula is C21H24N2O2. The van der Waals surface area contributed by atoms with Crippen LogP contribution in [0.3, 0.4) is 0 Å². The standard InChI is InChI=1S/C21H24N2O2/c24-19-6-3-5-18(15-19)22-10-12-23(13-11-22)21(25)14-17-9-8-16-4-1-2-7-20(16)17/h1-7,15,17,24H,8-14H2. The van der Waals surface area contributed by atoms with E-state index < -0.39 is 0 Å². The molecule has 0 bridgehead atoms. The average Bonchev–Trinajstić information content (AvgIpc) is 3.05. The molecule has 0 spiro atoms. The zero-order valence-electron chi connectivity index (χ0n) is 14.4. The largest absolute Gasteiger partial charge is 0.508 e. The van der Waals surface area contributed by atoms with E-state index in [1.54, 1.807) is 12.1 Å². The number of fused-ring (bicyclic) bond motifs is 1. The van der Waals surface area contributed by atoms with Crippen molar-refractivity contribution >= 4 is 11.6 Å². The molecule has 1 amide bonds. The Morgan fingerprint density at radius 1 is 1.04 bits per heavy atom. The molecule has 4 heteroatoms. The third-order valence-electron chi connectivity index (χ3n) is 5.51. The van der Waals surface area contributed by atoms with Gasteiger partial charge in [0.15, 0.2) is 0 Å². The van der Waals surface area contributed by atoms with Crippen LogP contribution in [0.2, 0.25) is 0 Å². The van der Waals surface area contributed by atoms with Gasteiger partial charge in [-0.15, -0.1) is 0 Å². The normalized spacial score (nSPS) is 19.8. The van der Waals surface area contributed by atoms with Gasteiger partial charge in [0.2, 0.25) is 5.91 Å². The van der Waals surface area contributed by atoms with Gasteiger partial charge in [-0.2, -0.15) is 0 Å². The summed E-state index contributed by atoms with van der Waals surface area (Å²) in [4.78, 5) is 17.0. The van der Waals surface area contributed by atoms with E-state index in [0.29, 0.717) is 12.3 Å². The Balaban J connectivity index is 1.34. The Kier molecular flexibility index (Phi) is 4.35. The zero-order chi connectivity index (χ0) is 17.2. The van der Waals surface area contributed by atoms with E-state index >= 15 is 0 Å². The van der Waals surface area contributed by atoms with Gasteiger partial charge in [-0.3, -0.25) is 4.79 Å². The fraction of sp³-hybridized carbons (Fsp3) is 0.381. The number of aromatic hydroxyl groups is 1. The molecule has 0 radical (unpaired) electrons. The number of rotatable bonds is 3. The SMILES string of the molecule is O=C(CC1CCc2ccccc21)N1CCN(c2cccc(O)c2)CC1. The number of phenolic OH excluding ortho intramolecular Hbond substituents is 1. The topological polar surface area (TPSA) is 43.8 Å². The number of hydrogen-bond donors (Lipinski definition) is 1. The van der Waals surface area contributed by atoms with E-state index in [0.717, 1.165) is 44.7 Å². The highest BCUT2D eigenvalue weighted by molar-refractivity contribution is 5.77. The molecule has 1 atom stereocenters. The Labute approximate surface area is 148 Å². The molecule has 1 aliphatic carbocycles. The predicted molar refractivity (Wildman–Crippen MR) is 99.0 cm³/mol. The van der Waals surface area contributed by atoms with E-state index in [-0.39, 0.29) is 11.7 Å². The molecule has 4 rings (SSSR count). The predicted octanol–water partition coefficient (Wildman–Crippen LogP) is 3.16. The van der Waals surface area contributed by atoms with Crippen LogP contribution in [0.25, 0.3) is 0 Å². The van der Waals surface area contributed by atoms with Gasteiger partial charge < -0.3 is 14.9 Å². The number of hydrogen-bond acceptors (Lipinski definition) is 3. The number of aryl methyl sites for hydroxylation is 1. The molecule has 0 aromatic heterocycles. The van der Waals surface area contributed by atoms with Crippen LogP contribution in [0.1, 0.15) is 29.9 Å². The molecule has 4 nitrogen and oxygen atoms in total. The van der Waals surface area contributed by atoms with Gasteiger partial charge in [0.1, 0.15) is 5.75 Å². The third kappa shape index (κ3) is 3.34. The third-order valence-corrected chi connectivity index (χ3v) is 5.51. The Morgan fingerprint density at radius 3 is 2.64 bits per heavy atom. The lowest BCUT2D eigenvalue weighted by molar-refractivity contribution is -0.131. The number of phenols is 1. The van der Waals surface area contributed by atoms with Crippen molar-refractivity contribution < 1.29 is 9.90 Å². The fourth-order valence-electron chi connectivity index (χ4n) is 4.10. The van der Waals surface area contributed by atoms with E-state index in [4.69, 9.17) is 0 Å². The summed E-state index contributed by atoms with van der Waals surface area (Å²) < 4.78 is 0. The van der Waals surface area contributed by atoms with Crippen LogP contribution in [0.15, 0.2) is 48.5 Å². The summed E-state index contributed by atoms with van der Waals surface area (Å²) in [6, 6.07) is 15.9. The van der Waals surface area contributed by atoms with E-state index in [1.165, 1.54) is 11.1 Å². The lowest BCUT2D eigenvalue weighted by atomic mass is 9.97. The van der Waals surface area contributed by atoms with Crippen LogP contribution in [-0.4, -0.2) is 42.1 Å². The van der Waals surface area contributed by atoms with Crippen molar-refractivity contribution in [2.24, 2.45) is 0 Å². The van der Waals surface area contributed by atoms with Crippen molar-refractivity contribution in [1.82, 2.24) is 4.90 Å². The first-order valence-electron chi connectivity index (χ1n) is 9.10. The number of nitrogens with zero attached hydrogens (tertiary/aromatic N) is 2.